The Morgan fingerprint density at radius 1 is 1.17 bits per heavy atom. The number of hydrogen-bond donors (Lipinski definition) is 2. The fourth-order valence-electron chi connectivity index (χ4n) is 1.16. The summed E-state index contributed by atoms with van der Waals surface area (Å²) in [4.78, 5) is 0. The van der Waals surface area contributed by atoms with Crippen LogP contribution in [-0.4, -0.2) is 34.1 Å². The molecular formula is C9H16O3. The highest BCUT2D eigenvalue weighted by Crippen LogP contribution is 2.20. The Labute approximate surface area is 72.7 Å². The zero-order valence-electron chi connectivity index (χ0n) is 7.69. The second-order valence-corrected chi connectivity index (χ2v) is 4.06. The van der Waals surface area contributed by atoms with E-state index in [9.17, 15) is 5.11 Å². The highest BCUT2D eigenvalue weighted by atomic mass is 16.5. The van der Waals surface area contributed by atoms with E-state index in [-0.39, 0.29) is 11.7 Å². The van der Waals surface area contributed by atoms with Gasteiger partial charge in [0.25, 0.3) is 0 Å². The molecule has 3 heteroatoms. The summed E-state index contributed by atoms with van der Waals surface area (Å²) < 4.78 is 5.48. The van der Waals surface area contributed by atoms with E-state index in [1.807, 2.05) is 20.8 Å². The van der Waals surface area contributed by atoms with Gasteiger partial charge in [0.05, 0.1) is 5.60 Å². The number of aliphatic hydroxyl groups is 2. The van der Waals surface area contributed by atoms with Crippen molar-refractivity contribution in [3.8, 4) is 0 Å². The largest absolute Gasteiger partial charge is 0.387 e. The van der Waals surface area contributed by atoms with E-state index in [1.165, 1.54) is 0 Å². The van der Waals surface area contributed by atoms with Crippen LogP contribution in [-0.2, 0) is 4.74 Å². The first kappa shape index (κ1) is 9.71. The van der Waals surface area contributed by atoms with Gasteiger partial charge >= 0.3 is 0 Å². The molecule has 70 valence electrons. The summed E-state index contributed by atoms with van der Waals surface area (Å²) in [5.41, 5.74) is -0.292. The molecule has 0 amide bonds. The number of rotatable bonds is 1. The summed E-state index contributed by atoms with van der Waals surface area (Å²) in [7, 11) is 0. The van der Waals surface area contributed by atoms with Crippen molar-refractivity contribution in [2.24, 2.45) is 0 Å². The van der Waals surface area contributed by atoms with Crippen LogP contribution in [0.15, 0.2) is 12.2 Å². The maximum atomic E-state index is 9.38. The van der Waals surface area contributed by atoms with Gasteiger partial charge in [-0.1, -0.05) is 12.2 Å². The van der Waals surface area contributed by atoms with E-state index >= 15 is 0 Å². The fourth-order valence-corrected chi connectivity index (χ4v) is 1.16. The molecule has 0 unspecified atom stereocenters. The van der Waals surface area contributed by atoms with Crippen molar-refractivity contribution in [3.63, 3.8) is 0 Å². The first-order chi connectivity index (χ1) is 5.40. The molecule has 0 heterocycles. The number of ether oxygens (including phenoxy) is 1. The Kier molecular flexibility index (Phi) is 2.56. The van der Waals surface area contributed by atoms with Crippen molar-refractivity contribution in [2.45, 2.75) is 44.7 Å². The molecule has 12 heavy (non-hydrogen) atoms. The Hall–Kier alpha value is -0.380. The molecule has 0 aromatic heterocycles. The first-order valence-corrected chi connectivity index (χ1v) is 4.12. The maximum absolute atomic E-state index is 9.38. The molecule has 0 aromatic carbocycles. The van der Waals surface area contributed by atoms with Crippen molar-refractivity contribution in [2.75, 3.05) is 0 Å². The van der Waals surface area contributed by atoms with Gasteiger partial charge < -0.3 is 14.9 Å². The van der Waals surface area contributed by atoms with E-state index in [2.05, 4.69) is 0 Å². The van der Waals surface area contributed by atoms with Crippen molar-refractivity contribution in [3.05, 3.63) is 12.2 Å². The van der Waals surface area contributed by atoms with Crippen LogP contribution in [0.2, 0.25) is 0 Å². The minimum Gasteiger partial charge on any atom is -0.387 e. The van der Waals surface area contributed by atoms with Crippen molar-refractivity contribution in [1.82, 2.24) is 0 Å². The fraction of sp³-hybridized carbons (Fsp3) is 0.778. The molecule has 0 aliphatic heterocycles. The lowest BCUT2D eigenvalue weighted by molar-refractivity contribution is -0.102. The third-order valence-electron chi connectivity index (χ3n) is 1.67. The standard InChI is InChI=1S/C9H16O3/c1-9(2,3)12-7-5-4-6(10)8(7)11/h4-8,10-11H,1-3H3/t6-,7+,8+/m1/s1. The van der Waals surface area contributed by atoms with Gasteiger partial charge in [-0.25, -0.2) is 0 Å². The smallest absolute Gasteiger partial charge is 0.113 e. The quantitative estimate of drug-likeness (QED) is 0.565. The topological polar surface area (TPSA) is 49.7 Å². The third kappa shape index (κ3) is 2.30. The van der Waals surface area contributed by atoms with Crippen molar-refractivity contribution in [1.29, 1.82) is 0 Å². The molecule has 1 aliphatic rings. The summed E-state index contributed by atoms with van der Waals surface area (Å²) >= 11 is 0. The molecule has 1 aliphatic carbocycles. The average molecular weight is 172 g/mol. The van der Waals surface area contributed by atoms with E-state index < -0.39 is 12.2 Å². The van der Waals surface area contributed by atoms with Crippen LogP contribution in [0.25, 0.3) is 0 Å². The predicted octanol–water partition coefficient (Wildman–Crippen LogP) is 0.462. The predicted molar refractivity (Wildman–Crippen MR) is 45.8 cm³/mol. The minimum atomic E-state index is -0.816. The Morgan fingerprint density at radius 3 is 2.08 bits per heavy atom. The summed E-state index contributed by atoms with van der Waals surface area (Å²) in [6, 6.07) is 0. The van der Waals surface area contributed by atoms with Gasteiger partial charge in [-0.05, 0) is 20.8 Å². The summed E-state index contributed by atoms with van der Waals surface area (Å²) in [5, 5.41) is 18.5. The van der Waals surface area contributed by atoms with E-state index in [0.717, 1.165) is 0 Å². The monoisotopic (exact) mass is 172 g/mol. The third-order valence-corrected chi connectivity index (χ3v) is 1.67. The molecule has 3 atom stereocenters. The molecule has 3 nitrogen and oxygen atoms in total. The normalized spacial score (nSPS) is 35.9. The Bertz CT molecular complexity index is 181. The zero-order chi connectivity index (χ0) is 9.35. The molecule has 0 bridgehead atoms. The summed E-state index contributed by atoms with van der Waals surface area (Å²) in [5.74, 6) is 0. The van der Waals surface area contributed by atoms with Crippen LogP contribution in [0.4, 0.5) is 0 Å². The number of hydrogen-bond acceptors (Lipinski definition) is 3. The highest BCUT2D eigenvalue weighted by molar-refractivity contribution is 5.10. The van der Waals surface area contributed by atoms with Gasteiger partial charge in [0, 0.05) is 0 Å². The van der Waals surface area contributed by atoms with Crippen molar-refractivity contribution < 1.29 is 14.9 Å². The molecule has 0 aromatic rings. The molecule has 1 rings (SSSR count). The molecule has 0 saturated carbocycles. The second kappa shape index (κ2) is 3.17. The Morgan fingerprint density at radius 2 is 1.75 bits per heavy atom. The van der Waals surface area contributed by atoms with E-state index in [0.29, 0.717) is 0 Å². The second-order valence-electron chi connectivity index (χ2n) is 4.06. The van der Waals surface area contributed by atoms with Gasteiger partial charge in [-0.2, -0.15) is 0 Å². The lowest BCUT2D eigenvalue weighted by Crippen LogP contribution is -2.37. The molecule has 2 N–H and O–H groups in total. The Balaban J connectivity index is 2.51. The van der Waals surface area contributed by atoms with Gasteiger partial charge in [0.15, 0.2) is 0 Å². The highest BCUT2D eigenvalue weighted by Gasteiger charge is 2.31. The molecule has 0 radical (unpaired) electrons. The van der Waals surface area contributed by atoms with Crippen LogP contribution in [0.5, 0.6) is 0 Å². The van der Waals surface area contributed by atoms with Crippen molar-refractivity contribution >= 4 is 0 Å². The molecule has 0 saturated heterocycles. The lowest BCUT2D eigenvalue weighted by atomic mass is 10.1. The van der Waals surface area contributed by atoms with Gasteiger partial charge in [-0.15, -0.1) is 0 Å². The minimum absolute atomic E-state index is 0.292. The van der Waals surface area contributed by atoms with E-state index in [1.54, 1.807) is 12.2 Å². The summed E-state index contributed by atoms with van der Waals surface area (Å²) in [6.45, 7) is 5.74. The lowest BCUT2D eigenvalue weighted by Gasteiger charge is -2.26. The van der Waals surface area contributed by atoms with Crippen LogP contribution >= 0.6 is 0 Å². The van der Waals surface area contributed by atoms with Crippen LogP contribution in [0, 0.1) is 0 Å². The van der Waals surface area contributed by atoms with Crippen LogP contribution in [0.3, 0.4) is 0 Å². The van der Waals surface area contributed by atoms with Gasteiger partial charge in [0.1, 0.15) is 18.3 Å². The van der Waals surface area contributed by atoms with Crippen LogP contribution < -0.4 is 0 Å². The maximum Gasteiger partial charge on any atom is 0.113 e. The molecular weight excluding hydrogens is 156 g/mol. The first-order valence-electron chi connectivity index (χ1n) is 4.12. The zero-order valence-corrected chi connectivity index (χ0v) is 7.69. The molecule has 0 spiro atoms. The van der Waals surface area contributed by atoms with Crippen LogP contribution in [0.1, 0.15) is 20.8 Å². The van der Waals surface area contributed by atoms with Gasteiger partial charge in [0.2, 0.25) is 0 Å². The SMILES string of the molecule is CC(C)(C)O[C@H]1C=C[C@@H](O)[C@@H]1O. The van der Waals surface area contributed by atoms with E-state index in [4.69, 9.17) is 9.84 Å². The number of aliphatic hydroxyl groups excluding tert-OH is 2. The average Bonchev–Trinajstić information content (AvgIpc) is 2.16. The van der Waals surface area contributed by atoms with Gasteiger partial charge in [-0.3, -0.25) is 0 Å². The summed E-state index contributed by atoms with van der Waals surface area (Å²) in [6.07, 6.45) is 1.28. The molecule has 0 fully saturated rings.